The van der Waals surface area contributed by atoms with E-state index in [2.05, 4.69) is 15.5 Å². The number of hydrogen-bond acceptors (Lipinski definition) is 3. The summed E-state index contributed by atoms with van der Waals surface area (Å²) in [7, 11) is 0. The molecule has 1 aliphatic carbocycles. The molecular weight excluding hydrogens is 278 g/mol. The lowest BCUT2D eigenvalue weighted by atomic mass is 9.81. The molecular formula is C17H33N3O2. The highest BCUT2D eigenvalue weighted by Gasteiger charge is 2.34. The van der Waals surface area contributed by atoms with Gasteiger partial charge in [-0.3, -0.25) is 0 Å². The topological polar surface area (TPSA) is 64.6 Å². The molecule has 0 aromatic heterocycles. The molecule has 2 aliphatic rings. The summed E-state index contributed by atoms with van der Waals surface area (Å²) in [5.41, 5.74) is -0.318. The maximum Gasteiger partial charge on any atom is 0.314 e. The number of urea groups is 1. The van der Waals surface area contributed by atoms with Crippen molar-refractivity contribution in [2.45, 2.75) is 59.1 Å². The molecule has 128 valence electrons. The van der Waals surface area contributed by atoms with Gasteiger partial charge in [-0.2, -0.15) is 0 Å². The van der Waals surface area contributed by atoms with Gasteiger partial charge in [-0.1, -0.05) is 27.7 Å². The zero-order valence-electron chi connectivity index (χ0n) is 14.6. The van der Waals surface area contributed by atoms with E-state index in [-0.39, 0.29) is 17.4 Å². The first-order valence-corrected chi connectivity index (χ1v) is 8.73. The highest BCUT2D eigenvalue weighted by molar-refractivity contribution is 5.73. The van der Waals surface area contributed by atoms with Gasteiger partial charge >= 0.3 is 6.03 Å². The van der Waals surface area contributed by atoms with E-state index in [9.17, 15) is 9.90 Å². The van der Waals surface area contributed by atoms with E-state index >= 15 is 0 Å². The van der Waals surface area contributed by atoms with Gasteiger partial charge in [-0.25, -0.2) is 4.79 Å². The van der Waals surface area contributed by atoms with Gasteiger partial charge < -0.3 is 20.6 Å². The molecule has 1 saturated carbocycles. The predicted molar refractivity (Wildman–Crippen MR) is 88.7 cm³/mol. The van der Waals surface area contributed by atoms with Gasteiger partial charge in [0.25, 0.3) is 0 Å². The SMILES string of the molecule is CC(C)[C@@H](O)C(C)(C)CNC(=O)NC[C@H]1CCN(C2CC2)C1. The van der Waals surface area contributed by atoms with Crippen LogP contribution in [0.3, 0.4) is 0 Å². The number of nitrogens with one attached hydrogen (secondary N) is 2. The van der Waals surface area contributed by atoms with Crippen LogP contribution in [-0.2, 0) is 0 Å². The second-order valence-electron chi connectivity index (χ2n) is 8.12. The minimum Gasteiger partial charge on any atom is -0.392 e. The molecule has 0 bridgehead atoms. The lowest BCUT2D eigenvalue weighted by Gasteiger charge is -2.33. The van der Waals surface area contributed by atoms with E-state index in [0.717, 1.165) is 19.1 Å². The van der Waals surface area contributed by atoms with Crippen molar-refractivity contribution in [3.8, 4) is 0 Å². The third-order valence-electron chi connectivity index (χ3n) is 5.07. The van der Waals surface area contributed by atoms with Crippen LogP contribution in [0.2, 0.25) is 0 Å². The number of aliphatic hydroxyl groups is 1. The standard InChI is InChI=1S/C17H33N3O2/c1-12(2)15(21)17(3,4)11-19-16(22)18-9-13-7-8-20(10-13)14-5-6-14/h12-15,21H,5-11H2,1-4H3,(H2,18,19,22)/t13-,15-/m1/s1. The lowest BCUT2D eigenvalue weighted by Crippen LogP contribution is -2.47. The van der Waals surface area contributed by atoms with Crippen LogP contribution in [0.5, 0.6) is 0 Å². The summed E-state index contributed by atoms with van der Waals surface area (Å²) in [5.74, 6) is 0.771. The van der Waals surface area contributed by atoms with Gasteiger partial charge in [0.15, 0.2) is 0 Å². The summed E-state index contributed by atoms with van der Waals surface area (Å²) in [6.45, 7) is 11.5. The summed E-state index contributed by atoms with van der Waals surface area (Å²) in [5, 5.41) is 16.1. The number of hydrogen-bond donors (Lipinski definition) is 3. The van der Waals surface area contributed by atoms with Crippen molar-refractivity contribution in [2.24, 2.45) is 17.3 Å². The molecule has 1 aliphatic heterocycles. The molecule has 1 heterocycles. The molecule has 5 heteroatoms. The van der Waals surface area contributed by atoms with E-state index < -0.39 is 6.10 Å². The largest absolute Gasteiger partial charge is 0.392 e. The Labute approximate surface area is 134 Å². The minimum atomic E-state index is -0.422. The Morgan fingerprint density at radius 2 is 1.95 bits per heavy atom. The first kappa shape index (κ1) is 17.5. The molecule has 2 fully saturated rings. The molecule has 2 rings (SSSR count). The highest BCUT2D eigenvalue weighted by Crippen LogP contribution is 2.31. The lowest BCUT2D eigenvalue weighted by molar-refractivity contribution is 0.0151. The number of amides is 2. The van der Waals surface area contributed by atoms with Gasteiger partial charge in [0.05, 0.1) is 6.10 Å². The number of rotatable bonds is 7. The Morgan fingerprint density at radius 1 is 1.27 bits per heavy atom. The predicted octanol–water partition coefficient (Wildman–Crippen LogP) is 1.81. The Kier molecular flexibility index (Phi) is 5.72. The molecule has 2 atom stereocenters. The van der Waals surface area contributed by atoms with Crippen molar-refractivity contribution in [3.05, 3.63) is 0 Å². The first-order valence-electron chi connectivity index (χ1n) is 8.73. The normalized spacial score (nSPS) is 24.5. The van der Waals surface area contributed by atoms with E-state index in [4.69, 9.17) is 0 Å². The van der Waals surface area contributed by atoms with Gasteiger partial charge in [-0.15, -0.1) is 0 Å². The van der Waals surface area contributed by atoms with E-state index in [1.54, 1.807) is 0 Å². The zero-order chi connectivity index (χ0) is 16.3. The summed E-state index contributed by atoms with van der Waals surface area (Å²) in [6.07, 6.45) is 3.48. The van der Waals surface area contributed by atoms with Crippen LogP contribution in [0.25, 0.3) is 0 Å². The zero-order valence-corrected chi connectivity index (χ0v) is 14.6. The van der Waals surface area contributed by atoms with Crippen LogP contribution in [0.4, 0.5) is 4.79 Å². The molecule has 0 aromatic rings. The van der Waals surface area contributed by atoms with Crippen LogP contribution >= 0.6 is 0 Å². The Hall–Kier alpha value is -0.810. The second kappa shape index (κ2) is 7.18. The molecule has 22 heavy (non-hydrogen) atoms. The van der Waals surface area contributed by atoms with E-state index in [0.29, 0.717) is 12.5 Å². The van der Waals surface area contributed by atoms with E-state index in [1.807, 2.05) is 27.7 Å². The van der Waals surface area contributed by atoms with Gasteiger partial charge in [-0.05, 0) is 37.6 Å². The maximum absolute atomic E-state index is 11.9. The molecule has 0 aromatic carbocycles. The molecule has 2 amide bonds. The van der Waals surface area contributed by atoms with Gasteiger partial charge in [0.1, 0.15) is 0 Å². The van der Waals surface area contributed by atoms with Gasteiger partial charge in [0.2, 0.25) is 0 Å². The van der Waals surface area contributed by atoms with Crippen LogP contribution in [-0.4, -0.2) is 54.4 Å². The van der Waals surface area contributed by atoms with Crippen LogP contribution in [0.1, 0.15) is 47.0 Å². The third kappa shape index (κ3) is 4.85. The number of carbonyl (C=O) groups is 1. The average Bonchev–Trinajstić information content (AvgIpc) is 3.21. The molecule has 5 nitrogen and oxygen atoms in total. The molecule has 0 unspecified atom stereocenters. The summed E-state index contributed by atoms with van der Waals surface area (Å²) in [6, 6.07) is 0.714. The third-order valence-corrected chi connectivity index (χ3v) is 5.07. The first-order chi connectivity index (χ1) is 10.3. The fourth-order valence-electron chi connectivity index (χ4n) is 3.42. The number of nitrogens with zero attached hydrogens (tertiary/aromatic N) is 1. The smallest absolute Gasteiger partial charge is 0.314 e. The average molecular weight is 311 g/mol. The number of likely N-dealkylation sites (tertiary alicyclic amines) is 1. The fourth-order valence-corrected chi connectivity index (χ4v) is 3.42. The quantitative estimate of drug-likeness (QED) is 0.672. The minimum absolute atomic E-state index is 0.117. The summed E-state index contributed by atoms with van der Waals surface area (Å²) in [4.78, 5) is 14.5. The molecule has 3 N–H and O–H groups in total. The van der Waals surface area contributed by atoms with Crippen molar-refractivity contribution in [3.63, 3.8) is 0 Å². The fraction of sp³-hybridized carbons (Fsp3) is 0.941. The van der Waals surface area contributed by atoms with Crippen LogP contribution in [0.15, 0.2) is 0 Å². The Bertz CT molecular complexity index is 380. The van der Waals surface area contributed by atoms with Gasteiger partial charge in [0, 0.05) is 31.1 Å². The van der Waals surface area contributed by atoms with Crippen molar-refractivity contribution >= 4 is 6.03 Å². The van der Waals surface area contributed by atoms with Crippen molar-refractivity contribution in [2.75, 3.05) is 26.2 Å². The monoisotopic (exact) mass is 311 g/mol. The van der Waals surface area contributed by atoms with Crippen LogP contribution < -0.4 is 10.6 Å². The number of carbonyl (C=O) groups excluding carboxylic acids is 1. The molecule has 1 saturated heterocycles. The van der Waals surface area contributed by atoms with Crippen LogP contribution in [0, 0.1) is 17.3 Å². The van der Waals surface area contributed by atoms with Crippen molar-refractivity contribution in [1.82, 2.24) is 15.5 Å². The van der Waals surface area contributed by atoms with E-state index in [1.165, 1.54) is 25.8 Å². The summed E-state index contributed by atoms with van der Waals surface area (Å²) < 4.78 is 0. The molecule has 0 spiro atoms. The second-order valence-corrected chi connectivity index (χ2v) is 8.12. The van der Waals surface area contributed by atoms with Crippen molar-refractivity contribution in [1.29, 1.82) is 0 Å². The van der Waals surface area contributed by atoms with Crippen molar-refractivity contribution < 1.29 is 9.90 Å². The Balaban J connectivity index is 1.63. The number of aliphatic hydroxyl groups excluding tert-OH is 1. The summed E-state index contributed by atoms with van der Waals surface area (Å²) >= 11 is 0. The maximum atomic E-state index is 11.9. The molecule has 0 radical (unpaired) electrons. The Morgan fingerprint density at radius 3 is 2.55 bits per heavy atom. The highest BCUT2D eigenvalue weighted by atomic mass is 16.3.